The van der Waals surface area contributed by atoms with E-state index >= 15 is 0 Å². The van der Waals surface area contributed by atoms with Crippen molar-refractivity contribution in [3.63, 3.8) is 0 Å². The summed E-state index contributed by atoms with van der Waals surface area (Å²) in [5.74, 6) is 1.26. The molecule has 14 heavy (non-hydrogen) atoms. The van der Waals surface area contributed by atoms with Gasteiger partial charge in [-0.3, -0.25) is 4.79 Å². The second-order valence-electron chi connectivity index (χ2n) is 4.59. The van der Waals surface area contributed by atoms with E-state index in [2.05, 4.69) is 17.6 Å². The van der Waals surface area contributed by atoms with Crippen molar-refractivity contribution in [3.8, 4) is 0 Å². The zero-order chi connectivity index (χ0) is 9.97. The Hall–Kier alpha value is -0.570. The zero-order valence-electron chi connectivity index (χ0n) is 8.88. The maximum absolute atomic E-state index is 11.8. The van der Waals surface area contributed by atoms with E-state index in [1.54, 1.807) is 0 Å². The third-order valence-electron chi connectivity index (χ3n) is 3.51. The van der Waals surface area contributed by atoms with E-state index in [0.717, 1.165) is 31.8 Å². The number of piperidine rings is 2. The molecule has 3 nitrogen and oxygen atoms in total. The summed E-state index contributed by atoms with van der Waals surface area (Å²) in [7, 11) is 0. The molecule has 3 aliphatic rings. The van der Waals surface area contributed by atoms with Gasteiger partial charge in [-0.1, -0.05) is 6.92 Å². The molecule has 2 N–H and O–H groups in total. The summed E-state index contributed by atoms with van der Waals surface area (Å²) in [6, 6.07) is 0.455. The summed E-state index contributed by atoms with van der Waals surface area (Å²) < 4.78 is 0. The number of carbonyl (C=O) groups excluding carboxylic acids is 1. The zero-order valence-corrected chi connectivity index (χ0v) is 8.88. The highest BCUT2D eigenvalue weighted by Gasteiger charge is 2.38. The molecule has 80 valence electrons. The Balaban J connectivity index is 1.88. The van der Waals surface area contributed by atoms with E-state index in [-0.39, 0.29) is 11.8 Å². The fourth-order valence-electron chi connectivity index (χ4n) is 2.67. The highest BCUT2D eigenvalue weighted by Crippen LogP contribution is 2.33. The Bertz CT molecular complexity index is 209. The first-order valence-electron chi connectivity index (χ1n) is 5.82. The van der Waals surface area contributed by atoms with E-state index < -0.39 is 0 Å². The Morgan fingerprint density at radius 3 is 2.86 bits per heavy atom. The molecule has 3 fully saturated rings. The van der Waals surface area contributed by atoms with Crippen molar-refractivity contribution < 1.29 is 4.79 Å². The molecule has 0 aromatic carbocycles. The van der Waals surface area contributed by atoms with Crippen molar-refractivity contribution in [1.82, 2.24) is 10.6 Å². The minimum absolute atomic E-state index is 0.244. The third-order valence-corrected chi connectivity index (χ3v) is 3.51. The normalized spacial score (nSPS) is 35.6. The molecule has 0 aromatic heterocycles. The molecule has 1 aliphatic carbocycles. The molecular formula is C11H20N2O. The van der Waals surface area contributed by atoms with Crippen LogP contribution in [0.4, 0.5) is 0 Å². The van der Waals surface area contributed by atoms with Crippen LogP contribution in [0.5, 0.6) is 0 Å². The molecule has 0 spiro atoms. The van der Waals surface area contributed by atoms with Crippen LogP contribution in [0.15, 0.2) is 0 Å². The minimum Gasteiger partial charge on any atom is -0.356 e. The number of hydrogen-bond donors (Lipinski definition) is 2. The topological polar surface area (TPSA) is 41.1 Å². The smallest absolute Gasteiger partial charge is 0.224 e. The molecule has 0 radical (unpaired) electrons. The number of rotatable bonds is 3. The van der Waals surface area contributed by atoms with Crippen LogP contribution in [-0.4, -0.2) is 25.0 Å². The van der Waals surface area contributed by atoms with Crippen LogP contribution in [0.3, 0.4) is 0 Å². The van der Waals surface area contributed by atoms with Crippen molar-refractivity contribution in [2.24, 2.45) is 11.8 Å². The van der Waals surface area contributed by atoms with Gasteiger partial charge in [-0.2, -0.15) is 0 Å². The largest absolute Gasteiger partial charge is 0.356 e. The van der Waals surface area contributed by atoms with Crippen molar-refractivity contribution in [2.75, 3.05) is 13.1 Å². The van der Waals surface area contributed by atoms with Crippen LogP contribution in [0, 0.1) is 11.8 Å². The molecule has 3 rings (SSSR count). The van der Waals surface area contributed by atoms with Crippen molar-refractivity contribution in [1.29, 1.82) is 0 Å². The first kappa shape index (κ1) is 9.97. The second-order valence-corrected chi connectivity index (χ2v) is 4.59. The van der Waals surface area contributed by atoms with Gasteiger partial charge in [-0.25, -0.2) is 0 Å². The van der Waals surface area contributed by atoms with Gasteiger partial charge in [0.05, 0.1) is 5.92 Å². The summed E-state index contributed by atoms with van der Waals surface area (Å²) >= 11 is 0. The molecule has 2 saturated heterocycles. The molecule has 1 saturated carbocycles. The number of nitrogens with one attached hydrogen (secondary N) is 2. The van der Waals surface area contributed by atoms with Gasteiger partial charge >= 0.3 is 0 Å². The van der Waals surface area contributed by atoms with Crippen LogP contribution in [0.1, 0.15) is 32.6 Å². The fraction of sp³-hybridized carbons (Fsp3) is 0.909. The number of fused-ring (bicyclic) bond motifs is 3. The Labute approximate surface area is 85.6 Å². The van der Waals surface area contributed by atoms with Crippen molar-refractivity contribution >= 4 is 5.91 Å². The van der Waals surface area contributed by atoms with Gasteiger partial charge in [0.1, 0.15) is 0 Å². The van der Waals surface area contributed by atoms with Crippen LogP contribution in [0.2, 0.25) is 0 Å². The SMILES string of the molecule is CCCNC(=O)C1CC2CCC1NC2. The van der Waals surface area contributed by atoms with Crippen LogP contribution < -0.4 is 10.6 Å². The predicted molar refractivity (Wildman–Crippen MR) is 55.9 cm³/mol. The van der Waals surface area contributed by atoms with Crippen molar-refractivity contribution in [3.05, 3.63) is 0 Å². The van der Waals surface area contributed by atoms with Gasteiger partial charge in [0, 0.05) is 12.6 Å². The molecule has 3 heteroatoms. The van der Waals surface area contributed by atoms with Gasteiger partial charge < -0.3 is 10.6 Å². The van der Waals surface area contributed by atoms with Gasteiger partial charge in [0.2, 0.25) is 5.91 Å². The van der Waals surface area contributed by atoms with Gasteiger partial charge in [0.15, 0.2) is 0 Å². The molecule has 2 heterocycles. The maximum Gasteiger partial charge on any atom is 0.224 e. The fourth-order valence-corrected chi connectivity index (χ4v) is 2.67. The molecular weight excluding hydrogens is 176 g/mol. The lowest BCUT2D eigenvalue weighted by Crippen LogP contribution is -2.54. The van der Waals surface area contributed by atoms with Crippen LogP contribution in [-0.2, 0) is 4.79 Å². The number of hydrogen-bond acceptors (Lipinski definition) is 2. The van der Waals surface area contributed by atoms with E-state index in [9.17, 15) is 4.79 Å². The summed E-state index contributed by atoms with van der Waals surface area (Å²) in [4.78, 5) is 11.8. The highest BCUT2D eigenvalue weighted by atomic mass is 16.1. The average molecular weight is 196 g/mol. The molecule has 0 aromatic rings. The Morgan fingerprint density at radius 2 is 2.36 bits per heavy atom. The van der Waals surface area contributed by atoms with E-state index in [4.69, 9.17) is 0 Å². The lowest BCUT2D eigenvalue weighted by atomic mass is 9.73. The Kier molecular flexibility index (Phi) is 3.06. The quantitative estimate of drug-likeness (QED) is 0.704. The average Bonchev–Trinajstić information content (AvgIpc) is 2.27. The van der Waals surface area contributed by atoms with Crippen LogP contribution in [0.25, 0.3) is 0 Å². The monoisotopic (exact) mass is 196 g/mol. The minimum atomic E-state index is 0.244. The highest BCUT2D eigenvalue weighted by molar-refractivity contribution is 5.79. The summed E-state index contributed by atoms with van der Waals surface area (Å²) in [5, 5.41) is 6.47. The molecule has 1 amide bonds. The molecule has 2 aliphatic heterocycles. The molecule has 2 bridgehead atoms. The summed E-state index contributed by atoms with van der Waals surface area (Å²) in [6.07, 6.45) is 4.64. The lowest BCUT2D eigenvalue weighted by molar-refractivity contribution is -0.128. The van der Waals surface area contributed by atoms with E-state index in [0.29, 0.717) is 6.04 Å². The van der Waals surface area contributed by atoms with E-state index in [1.165, 1.54) is 12.8 Å². The number of amides is 1. The van der Waals surface area contributed by atoms with Crippen molar-refractivity contribution in [2.45, 2.75) is 38.6 Å². The molecule has 3 unspecified atom stereocenters. The predicted octanol–water partition coefficient (Wildman–Crippen LogP) is 0.901. The first-order chi connectivity index (χ1) is 6.81. The van der Waals surface area contributed by atoms with E-state index in [1.807, 2.05) is 0 Å². The third kappa shape index (κ3) is 1.92. The van der Waals surface area contributed by atoms with Gasteiger partial charge in [-0.15, -0.1) is 0 Å². The number of carbonyl (C=O) groups is 1. The lowest BCUT2D eigenvalue weighted by Gasteiger charge is -2.42. The standard InChI is InChI=1S/C11H20N2O/c1-2-5-12-11(14)9-6-8-3-4-10(9)13-7-8/h8-10,13H,2-7H2,1H3,(H,12,14). The van der Waals surface area contributed by atoms with Gasteiger partial charge in [-0.05, 0) is 38.1 Å². The summed E-state index contributed by atoms with van der Waals surface area (Å²) in [5.41, 5.74) is 0. The first-order valence-corrected chi connectivity index (χ1v) is 5.82. The second kappa shape index (κ2) is 4.30. The van der Waals surface area contributed by atoms with Gasteiger partial charge in [0.25, 0.3) is 0 Å². The maximum atomic E-state index is 11.8. The summed E-state index contributed by atoms with van der Waals surface area (Å²) in [6.45, 7) is 4.04. The Morgan fingerprint density at radius 1 is 1.50 bits per heavy atom. The van der Waals surface area contributed by atoms with Crippen LogP contribution >= 0.6 is 0 Å². The molecule has 3 atom stereocenters.